The molecule has 0 spiro atoms. The Morgan fingerprint density at radius 2 is 1.82 bits per heavy atom. The molecule has 0 saturated heterocycles. The third-order valence-electron chi connectivity index (χ3n) is 3.27. The summed E-state index contributed by atoms with van der Waals surface area (Å²) in [5.41, 5.74) is 8.14. The smallest absolute Gasteiger partial charge is 0.209 e. The van der Waals surface area contributed by atoms with Crippen LogP contribution in [0.15, 0.2) is 53.6 Å². The Hall–Kier alpha value is -2.68. The van der Waals surface area contributed by atoms with Crippen LogP contribution >= 0.6 is 0 Å². The van der Waals surface area contributed by atoms with Crippen molar-refractivity contribution in [2.75, 3.05) is 0 Å². The second-order valence-corrected chi connectivity index (χ2v) is 4.78. The molecule has 0 radical (unpaired) electrons. The summed E-state index contributed by atoms with van der Waals surface area (Å²) in [5.74, 6) is 0. The minimum atomic E-state index is -4.42. The molecule has 0 heterocycles. The van der Waals surface area contributed by atoms with Crippen molar-refractivity contribution in [1.29, 1.82) is 10.8 Å². The van der Waals surface area contributed by atoms with Crippen LogP contribution in [-0.4, -0.2) is 0 Å². The van der Waals surface area contributed by atoms with E-state index in [-0.39, 0.29) is 0 Å². The normalized spacial score (nSPS) is 12.5. The molecule has 2 aromatic rings. The lowest BCUT2D eigenvalue weighted by molar-refractivity contribution is -0.137. The first-order valence-corrected chi connectivity index (χ1v) is 6.47. The van der Waals surface area contributed by atoms with Crippen molar-refractivity contribution in [2.24, 2.45) is 5.11 Å². The first-order valence-electron chi connectivity index (χ1n) is 6.47. The lowest BCUT2D eigenvalue weighted by atomic mass is 9.97. The SMILES string of the molecule is N#Cc1ccc(CC(N=N)c2cccc(C(F)(F)F)c2)cc1. The molecule has 0 aromatic heterocycles. The maximum absolute atomic E-state index is 12.7. The van der Waals surface area contributed by atoms with Gasteiger partial charge in [0.1, 0.15) is 0 Å². The molecular weight excluding hydrogens is 291 g/mol. The van der Waals surface area contributed by atoms with Gasteiger partial charge in [0.05, 0.1) is 23.2 Å². The number of benzene rings is 2. The number of nitrogens with one attached hydrogen (secondary N) is 1. The second-order valence-electron chi connectivity index (χ2n) is 4.78. The van der Waals surface area contributed by atoms with Gasteiger partial charge in [-0.3, -0.25) is 0 Å². The molecule has 6 heteroatoms. The van der Waals surface area contributed by atoms with E-state index < -0.39 is 17.8 Å². The van der Waals surface area contributed by atoms with Gasteiger partial charge in [-0.2, -0.15) is 23.5 Å². The number of rotatable bonds is 4. The average Bonchev–Trinajstić information content (AvgIpc) is 2.52. The van der Waals surface area contributed by atoms with Crippen LogP contribution in [0.2, 0.25) is 0 Å². The van der Waals surface area contributed by atoms with Gasteiger partial charge in [0.25, 0.3) is 0 Å². The summed E-state index contributed by atoms with van der Waals surface area (Å²) >= 11 is 0. The van der Waals surface area contributed by atoms with E-state index in [2.05, 4.69) is 5.11 Å². The van der Waals surface area contributed by atoms with Crippen molar-refractivity contribution in [3.05, 3.63) is 70.8 Å². The molecule has 1 N–H and O–H groups in total. The van der Waals surface area contributed by atoms with Crippen molar-refractivity contribution in [1.82, 2.24) is 0 Å². The minimum absolute atomic E-state index is 0.302. The summed E-state index contributed by atoms with van der Waals surface area (Å²) < 4.78 is 38.2. The Balaban J connectivity index is 2.24. The van der Waals surface area contributed by atoms with Gasteiger partial charge in [-0.05, 0) is 35.4 Å². The molecule has 0 fully saturated rings. The Kier molecular flexibility index (Phi) is 4.56. The molecule has 0 aliphatic heterocycles. The highest BCUT2D eigenvalue weighted by Crippen LogP contribution is 2.32. The van der Waals surface area contributed by atoms with Crippen LogP contribution in [-0.2, 0) is 12.6 Å². The molecule has 2 aromatic carbocycles. The molecule has 112 valence electrons. The number of nitriles is 1. The first-order chi connectivity index (χ1) is 10.4. The Morgan fingerprint density at radius 3 is 2.36 bits per heavy atom. The fourth-order valence-electron chi connectivity index (χ4n) is 2.10. The van der Waals surface area contributed by atoms with Crippen LogP contribution in [0.1, 0.15) is 28.3 Å². The fourth-order valence-corrected chi connectivity index (χ4v) is 2.10. The van der Waals surface area contributed by atoms with E-state index in [4.69, 9.17) is 10.8 Å². The Morgan fingerprint density at radius 1 is 1.14 bits per heavy atom. The molecule has 0 saturated carbocycles. The van der Waals surface area contributed by atoms with Gasteiger partial charge in [-0.1, -0.05) is 24.3 Å². The summed E-state index contributed by atoms with van der Waals surface area (Å²) in [6, 6.07) is 12.8. The third kappa shape index (κ3) is 3.70. The predicted molar refractivity (Wildman–Crippen MR) is 74.2 cm³/mol. The maximum atomic E-state index is 12.7. The van der Waals surface area contributed by atoms with Gasteiger partial charge in [0.15, 0.2) is 0 Å². The summed E-state index contributed by atoms with van der Waals surface area (Å²) in [4.78, 5) is 0. The average molecular weight is 303 g/mol. The van der Waals surface area contributed by atoms with E-state index in [1.807, 2.05) is 6.07 Å². The van der Waals surface area contributed by atoms with Crippen molar-refractivity contribution in [3.63, 3.8) is 0 Å². The Bertz CT molecular complexity index is 700. The van der Waals surface area contributed by atoms with E-state index in [0.29, 0.717) is 17.5 Å². The molecule has 0 aliphatic rings. The van der Waals surface area contributed by atoms with E-state index in [0.717, 1.165) is 17.7 Å². The summed E-state index contributed by atoms with van der Waals surface area (Å²) in [6.07, 6.45) is -4.12. The van der Waals surface area contributed by atoms with Crippen LogP contribution in [0.4, 0.5) is 13.2 Å². The van der Waals surface area contributed by atoms with Crippen molar-refractivity contribution >= 4 is 0 Å². The lowest BCUT2D eigenvalue weighted by Crippen LogP contribution is -2.07. The van der Waals surface area contributed by atoms with Gasteiger partial charge >= 0.3 is 6.18 Å². The van der Waals surface area contributed by atoms with Gasteiger partial charge in [-0.25, -0.2) is 5.53 Å². The standard InChI is InChI=1S/C16H12F3N3/c17-16(18,19)14-3-1-2-13(9-14)15(22-21)8-11-4-6-12(10-20)7-5-11/h1-7,9,15,21H,8H2. The molecule has 0 bridgehead atoms. The second kappa shape index (κ2) is 6.39. The fraction of sp³-hybridized carbons (Fsp3) is 0.188. The van der Waals surface area contributed by atoms with Gasteiger partial charge in [0.2, 0.25) is 0 Å². The first kappa shape index (κ1) is 15.7. The Labute approximate surface area is 125 Å². The molecule has 3 nitrogen and oxygen atoms in total. The van der Waals surface area contributed by atoms with Crippen LogP contribution in [0.25, 0.3) is 0 Å². The van der Waals surface area contributed by atoms with Crippen LogP contribution < -0.4 is 0 Å². The highest BCUT2D eigenvalue weighted by molar-refractivity contribution is 5.33. The zero-order valence-corrected chi connectivity index (χ0v) is 11.4. The third-order valence-corrected chi connectivity index (χ3v) is 3.27. The molecule has 22 heavy (non-hydrogen) atoms. The number of halogens is 3. The highest BCUT2D eigenvalue weighted by Gasteiger charge is 2.31. The van der Waals surface area contributed by atoms with E-state index in [9.17, 15) is 13.2 Å². The van der Waals surface area contributed by atoms with Crippen LogP contribution in [0, 0.1) is 16.9 Å². The minimum Gasteiger partial charge on any atom is -0.209 e. The summed E-state index contributed by atoms with van der Waals surface area (Å²) in [7, 11) is 0. The number of nitrogens with zero attached hydrogens (tertiary/aromatic N) is 2. The largest absolute Gasteiger partial charge is 0.416 e. The van der Waals surface area contributed by atoms with Crippen molar-refractivity contribution in [2.45, 2.75) is 18.6 Å². The van der Waals surface area contributed by atoms with Gasteiger partial charge < -0.3 is 0 Å². The highest BCUT2D eigenvalue weighted by atomic mass is 19.4. The molecule has 0 amide bonds. The zero-order chi connectivity index (χ0) is 16.2. The van der Waals surface area contributed by atoms with Gasteiger partial charge in [-0.15, -0.1) is 0 Å². The zero-order valence-electron chi connectivity index (χ0n) is 11.4. The number of hydrogen-bond donors (Lipinski definition) is 1. The molecule has 1 atom stereocenters. The predicted octanol–water partition coefficient (Wildman–Crippen LogP) is 4.89. The summed E-state index contributed by atoms with van der Waals surface area (Å²) in [6.45, 7) is 0. The molecule has 1 unspecified atom stereocenters. The maximum Gasteiger partial charge on any atom is 0.416 e. The van der Waals surface area contributed by atoms with E-state index >= 15 is 0 Å². The molecule has 0 aliphatic carbocycles. The van der Waals surface area contributed by atoms with Crippen LogP contribution in [0.3, 0.4) is 0 Å². The molecule has 2 rings (SSSR count). The topological polar surface area (TPSA) is 60.0 Å². The van der Waals surface area contributed by atoms with Crippen LogP contribution in [0.5, 0.6) is 0 Å². The van der Waals surface area contributed by atoms with Crippen molar-refractivity contribution in [3.8, 4) is 6.07 Å². The van der Waals surface area contributed by atoms with Gasteiger partial charge in [0, 0.05) is 6.42 Å². The quantitative estimate of drug-likeness (QED) is 0.803. The van der Waals surface area contributed by atoms with Crippen molar-refractivity contribution < 1.29 is 13.2 Å². The monoisotopic (exact) mass is 303 g/mol. The number of hydrogen-bond acceptors (Lipinski definition) is 3. The number of alkyl halides is 3. The lowest BCUT2D eigenvalue weighted by Gasteiger charge is -2.14. The molecular formula is C16H12F3N3. The summed E-state index contributed by atoms with van der Waals surface area (Å²) in [5, 5.41) is 12.2. The van der Waals surface area contributed by atoms with E-state index in [1.165, 1.54) is 12.1 Å². The van der Waals surface area contributed by atoms with E-state index in [1.54, 1.807) is 24.3 Å².